The Hall–Kier alpha value is -4.37. The van der Waals surface area contributed by atoms with Crippen molar-refractivity contribution in [2.45, 2.75) is 39.5 Å². The van der Waals surface area contributed by atoms with Crippen LogP contribution in [0, 0.1) is 17.3 Å². The average Bonchev–Trinajstić information content (AvgIpc) is 2.87. The maximum Gasteiger partial charge on any atom is 0.335 e. The molecule has 0 unspecified atom stereocenters. The van der Waals surface area contributed by atoms with Gasteiger partial charge < -0.3 is 15.4 Å². The molecule has 0 amide bonds. The molecule has 200 valence electrons. The van der Waals surface area contributed by atoms with E-state index >= 15 is 0 Å². The number of nitriles is 1. The van der Waals surface area contributed by atoms with Crippen LogP contribution in [0.2, 0.25) is 5.02 Å². The highest BCUT2D eigenvalue weighted by Gasteiger charge is 2.11. The zero-order valence-electron chi connectivity index (χ0n) is 21.2. The third-order valence-electron chi connectivity index (χ3n) is 5.20. The van der Waals surface area contributed by atoms with E-state index in [4.69, 9.17) is 21.6 Å². The second-order valence-electron chi connectivity index (χ2n) is 8.38. The maximum atomic E-state index is 14.5. The second-order valence-corrected chi connectivity index (χ2v) is 8.82. The van der Waals surface area contributed by atoms with Crippen LogP contribution < -0.4 is 32.4 Å². The summed E-state index contributed by atoms with van der Waals surface area (Å²) >= 11 is 5.99. The number of guanidine groups is 1. The van der Waals surface area contributed by atoms with E-state index in [2.05, 4.69) is 25.6 Å². The Bertz CT molecular complexity index is 1520. The fourth-order valence-corrected chi connectivity index (χ4v) is 3.59. The Morgan fingerprint density at radius 2 is 1.95 bits per heavy atom. The summed E-state index contributed by atoms with van der Waals surface area (Å²) in [4.78, 5) is 36.8. The predicted molar refractivity (Wildman–Crippen MR) is 142 cm³/mol. The van der Waals surface area contributed by atoms with Gasteiger partial charge in [0.05, 0.1) is 18.3 Å². The van der Waals surface area contributed by atoms with Gasteiger partial charge in [0.1, 0.15) is 0 Å². The molecular formula is C25H28ClFN8O3. The third kappa shape index (κ3) is 7.57. The van der Waals surface area contributed by atoms with Crippen LogP contribution in [0.1, 0.15) is 25.8 Å². The van der Waals surface area contributed by atoms with E-state index in [1.807, 2.05) is 0 Å². The minimum atomic E-state index is -0.666. The van der Waals surface area contributed by atoms with Gasteiger partial charge in [-0.3, -0.25) is 9.55 Å². The van der Waals surface area contributed by atoms with Crippen molar-refractivity contribution in [3.05, 3.63) is 85.5 Å². The van der Waals surface area contributed by atoms with Gasteiger partial charge in [-0.2, -0.15) is 5.26 Å². The van der Waals surface area contributed by atoms with Crippen LogP contribution in [-0.4, -0.2) is 39.8 Å². The summed E-state index contributed by atoms with van der Waals surface area (Å²) in [6.45, 7) is 4.08. The summed E-state index contributed by atoms with van der Waals surface area (Å²) in [5.74, 6) is -0.266. The molecule has 0 spiro atoms. The molecule has 3 N–H and O–H groups in total. The molecule has 0 radical (unpaired) electrons. The Morgan fingerprint density at radius 3 is 2.58 bits per heavy atom. The molecule has 3 aromatic rings. The maximum absolute atomic E-state index is 14.5. The van der Waals surface area contributed by atoms with Crippen molar-refractivity contribution in [1.29, 1.82) is 5.26 Å². The van der Waals surface area contributed by atoms with Crippen molar-refractivity contribution in [3.8, 4) is 11.9 Å². The van der Waals surface area contributed by atoms with Crippen molar-refractivity contribution >= 4 is 23.2 Å². The first-order chi connectivity index (χ1) is 18.2. The number of hydrogen-bond donors (Lipinski definition) is 3. The molecular weight excluding hydrogens is 515 g/mol. The number of nitrogens with zero attached hydrogens (tertiary/aromatic N) is 5. The lowest BCUT2D eigenvalue weighted by atomic mass is 10.2. The first kappa shape index (κ1) is 28.2. The quantitative estimate of drug-likeness (QED) is 0.164. The van der Waals surface area contributed by atoms with Gasteiger partial charge in [-0.15, -0.1) is 4.99 Å². The summed E-state index contributed by atoms with van der Waals surface area (Å²) < 4.78 is 22.3. The standard InChI is InChI=1S/C25H28ClFN8O3/c1-16(2)38-21-10-9-19(13-20(21)27)32-23-33-24(36)34(12-4-11-30-22(29-3)31-15-28)25(37)35(23)14-17-5-7-18(26)8-6-17/h5-10,13,16H,4,11-12,14H2,1-3H3,(H2,29,30,31)(H,32,33,36). The van der Waals surface area contributed by atoms with E-state index in [-0.39, 0.29) is 42.2 Å². The van der Waals surface area contributed by atoms with Crippen LogP contribution in [0.15, 0.2) is 62.0 Å². The van der Waals surface area contributed by atoms with Gasteiger partial charge in [-0.05, 0) is 50.1 Å². The molecule has 0 saturated carbocycles. The zero-order chi connectivity index (χ0) is 27.7. The van der Waals surface area contributed by atoms with Gasteiger partial charge in [0.25, 0.3) is 0 Å². The third-order valence-corrected chi connectivity index (χ3v) is 5.45. The van der Waals surface area contributed by atoms with Gasteiger partial charge in [0.15, 0.2) is 11.6 Å². The van der Waals surface area contributed by atoms with E-state index in [1.54, 1.807) is 51.4 Å². The van der Waals surface area contributed by atoms with E-state index in [9.17, 15) is 14.0 Å². The van der Waals surface area contributed by atoms with Crippen LogP contribution >= 0.6 is 11.6 Å². The molecule has 0 atom stereocenters. The molecule has 2 aromatic carbocycles. The first-order valence-corrected chi connectivity index (χ1v) is 12.2. The molecule has 1 heterocycles. The van der Waals surface area contributed by atoms with Crippen molar-refractivity contribution in [1.82, 2.24) is 24.8 Å². The zero-order valence-corrected chi connectivity index (χ0v) is 21.9. The molecule has 1 aromatic heterocycles. The lowest BCUT2D eigenvalue weighted by Gasteiger charge is -2.12. The van der Waals surface area contributed by atoms with Gasteiger partial charge >= 0.3 is 11.4 Å². The molecule has 0 aliphatic rings. The molecule has 3 rings (SSSR count). The van der Waals surface area contributed by atoms with E-state index in [1.165, 1.54) is 22.8 Å². The summed E-state index contributed by atoms with van der Waals surface area (Å²) in [5.41, 5.74) is -0.369. The monoisotopic (exact) mass is 542 g/mol. The number of aromatic amines is 1. The predicted octanol–water partition coefficient (Wildman–Crippen LogP) is 2.23. The number of rotatable bonds is 9. The molecule has 0 aliphatic heterocycles. The van der Waals surface area contributed by atoms with E-state index < -0.39 is 17.2 Å². The molecule has 11 nitrogen and oxygen atoms in total. The normalized spacial score (nSPS) is 11.9. The molecule has 0 aliphatic carbocycles. The van der Waals surface area contributed by atoms with Crippen LogP contribution in [0.25, 0.3) is 0 Å². The van der Waals surface area contributed by atoms with Gasteiger partial charge in [-0.1, -0.05) is 23.7 Å². The number of nitrogens with one attached hydrogen (secondary N) is 3. The lowest BCUT2D eigenvalue weighted by molar-refractivity contribution is 0.231. The number of halogens is 2. The smallest absolute Gasteiger partial charge is 0.335 e. The van der Waals surface area contributed by atoms with E-state index in [0.717, 1.165) is 10.1 Å². The molecule has 38 heavy (non-hydrogen) atoms. The SMILES string of the molecule is CNC(=NC#N)NCCCn1c(=O)[nH]/c(=N\c2ccc(OC(C)C)c(F)c2)n(Cc2ccc(Cl)cc2)c1=O. The van der Waals surface area contributed by atoms with Crippen LogP contribution in [0.5, 0.6) is 5.75 Å². The summed E-state index contributed by atoms with van der Waals surface area (Å²) in [7, 11) is 1.61. The number of aliphatic imine (C=N–C) groups is 1. The summed E-state index contributed by atoms with van der Waals surface area (Å²) in [5, 5.41) is 14.9. The minimum Gasteiger partial charge on any atom is -0.488 e. The van der Waals surface area contributed by atoms with Crippen molar-refractivity contribution in [2.75, 3.05) is 13.6 Å². The minimum absolute atomic E-state index is 0.0418. The van der Waals surface area contributed by atoms with Gasteiger partial charge in [0.2, 0.25) is 17.8 Å². The average molecular weight is 543 g/mol. The Balaban J connectivity index is 2.00. The highest BCUT2D eigenvalue weighted by atomic mass is 35.5. The summed E-state index contributed by atoms with van der Waals surface area (Å²) in [6, 6.07) is 11.0. The number of ether oxygens (including phenoxy) is 1. The molecule has 13 heteroatoms. The highest BCUT2D eigenvalue weighted by molar-refractivity contribution is 6.30. The number of aromatic nitrogens is 3. The Morgan fingerprint density at radius 1 is 1.21 bits per heavy atom. The van der Waals surface area contributed by atoms with Crippen molar-refractivity contribution in [2.24, 2.45) is 9.98 Å². The largest absolute Gasteiger partial charge is 0.488 e. The number of benzene rings is 2. The van der Waals surface area contributed by atoms with E-state index in [0.29, 0.717) is 18.0 Å². The fourth-order valence-electron chi connectivity index (χ4n) is 3.46. The first-order valence-electron chi connectivity index (χ1n) is 11.8. The van der Waals surface area contributed by atoms with Crippen LogP contribution in [0.3, 0.4) is 0 Å². The molecule has 0 fully saturated rings. The lowest BCUT2D eigenvalue weighted by Crippen LogP contribution is -2.50. The van der Waals surface area contributed by atoms with Gasteiger partial charge in [0, 0.05) is 31.2 Å². The van der Waals surface area contributed by atoms with Crippen LogP contribution in [-0.2, 0) is 13.1 Å². The number of hydrogen-bond acceptors (Lipinski definition) is 6. The topological polar surface area (TPSA) is 142 Å². The Labute approximate surface area is 222 Å². The molecule has 0 bridgehead atoms. The van der Waals surface area contributed by atoms with Gasteiger partial charge in [-0.25, -0.2) is 23.5 Å². The summed E-state index contributed by atoms with van der Waals surface area (Å²) in [6.07, 6.45) is 1.84. The molecule has 0 saturated heterocycles. The highest BCUT2D eigenvalue weighted by Crippen LogP contribution is 2.23. The van der Waals surface area contributed by atoms with Crippen molar-refractivity contribution < 1.29 is 9.13 Å². The second kappa shape index (κ2) is 13.3. The Kier molecular flexibility index (Phi) is 9.84. The number of H-pyrrole nitrogens is 1. The fraction of sp³-hybridized carbons (Fsp3) is 0.320. The van der Waals surface area contributed by atoms with Crippen molar-refractivity contribution in [3.63, 3.8) is 0 Å². The van der Waals surface area contributed by atoms with Crippen LogP contribution in [0.4, 0.5) is 10.1 Å².